The number of piperidine rings is 1. The lowest BCUT2D eigenvalue weighted by Gasteiger charge is -2.41. The first-order valence-electron chi connectivity index (χ1n) is 8.24. The summed E-state index contributed by atoms with van der Waals surface area (Å²) in [5, 5.41) is 14.5. The summed E-state index contributed by atoms with van der Waals surface area (Å²) < 4.78 is 43.4. The summed E-state index contributed by atoms with van der Waals surface area (Å²) in [7, 11) is 1.50. The van der Waals surface area contributed by atoms with Crippen LogP contribution in [0.4, 0.5) is 13.2 Å². The van der Waals surface area contributed by atoms with Crippen molar-refractivity contribution in [2.75, 3.05) is 7.11 Å². The number of benzene rings is 1. The number of ether oxygens (including phenoxy) is 1. The maximum absolute atomic E-state index is 12.8. The number of alkyl halides is 3. The third-order valence-corrected chi connectivity index (χ3v) is 4.59. The molecule has 2 heterocycles. The summed E-state index contributed by atoms with van der Waals surface area (Å²) in [6.07, 6.45) is -2.21. The predicted molar refractivity (Wildman–Crippen MR) is 88.5 cm³/mol. The van der Waals surface area contributed by atoms with E-state index < -0.39 is 17.3 Å². The van der Waals surface area contributed by atoms with Crippen molar-refractivity contribution in [3.8, 4) is 5.88 Å². The molecule has 1 aromatic carbocycles. The molecule has 0 spiro atoms. The fraction of sp³-hybridized carbons (Fsp3) is 0.444. The molecule has 2 N–H and O–H groups in total. The lowest BCUT2D eigenvalue weighted by Crippen LogP contribution is -2.47. The second-order valence-corrected chi connectivity index (χ2v) is 6.59. The zero-order valence-electron chi connectivity index (χ0n) is 14.4. The van der Waals surface area contributed by atoms with Crippen molar-refractivity contribution in [3.63, 3.8) is 0 Å². The zero-order chi connectivity index (χ0) is 18.9. The maximum atomic E-state index is 12.8. The van der Waals surface area contributed by atoms with Crippen molar-refractivity contribution in [1.29, 1.82) is 0 Å². The molecule has 5 nitrogen and oxygen atoms in total. The molecule has 26 heavy (non-hydrogen) atoms. The Labute approximate surface area is 149 Å². The first-order chi connectivity index (χ1) is 12.2. The molecular formula is C18H20F3N3O2. The van der Waals surface area contributed by atoms with Gasteiger partial charge in [0.05, 0.1) is 24.3 Å². The first kappa shape index (κ1) is 18.6. The van der Waals surface area contributed by atoms with Crippen molar-refractivity contribution < 1.29 is 23.0 Å². The highest BCUT2D eigenvalue weighted by molar-refractivity contribution is 5.30. The Morgan fingerprint density at radius 3 is 2.50 bits per heavy atom. The van der Waals surface area contributed by atoms with Crippen molar-refractivity contribution in [1.82, 2.24) is 15.3 Å². The topological polar surface area (TPSA) is 67.3 Å². The Morgan fingerprint density at radius 1 is 1.19 bits per heavy atom. The van der Waals surface area contributed by atoms with Gasteiger partial charge in [0.25, 0.3) is 0 Å². The molecule has 1 unspecified atom stereocenters. The van der Waals surface area contributed by atoms with Crippen molar-refractivity contribution >= 4 is 0 Å². The van der Waals surface area contributed by atoms with Gasteiger partial charge in [0.1, 0.15) is 5.82 Å². The van der Waals surface area contributed by atoms with Crippen LogP contribution in [0.5, 0.6) is 5.88 Å². The Morgan fingerprint density at radius 2 is 1.88 bits per heavy atom. The van der Waals surface area contributed by atoms with Gasteiger partial charge in [-0.15, -0.1) is 0 Å². The molecule has 0 aliphatic carbocycles. The number of nitrogens with one attached hydrogen (secondary N) is 1. The normalized spacial score (nSPS) is 26.5. The van der Waals surface area contributed by atoms with Crippen molar-refractivity contribution in [2.45, 2.75) is 43.6 Å². The predicted octanol–water partition coefficient (Wildman–Crippen LogP) is 3.20. The lowest BCUT2D eigenvalue weighted by molar-refractivity contribution is -0.137. The van der Waals surface area contributed by atoms with E-state index >= 15 is 0 Å². The standard InChI is InChI=1S/C18H20F3N3O2/c1-11-9-17(25,12-3-5-13(6-4-12)18(19,20)21)10-14(23-11)16-22-8-7-15(24-16)26-2/h3-8,11,14,23,25H,9-10H2,1-2H3/t11-,14-,17?/m0/s1. The highest BCUT2D eigenvalue weighted by Gasteiger charge is 2.41. The molecule has 3 atom stereocenters. The average Bonchev–Trinajstić information content (AvgIpc) is 2.60. The van der Waals surface area contributed by atoms with Crippen LogP contribution >= 0.6 is 0 Å². The van der Waals surface area contributed by atoms with E-state index in [0.29, 0.717) is 23.7 Å². The second-order valence-electron chi connectivity index (χ2n) is 6.59. The van der Waals surface area contributed by atoms with Gasteiger partial charge in [-0.3, -0.25) is 0 Å². The number of aliphatic hydroxyl groups is 1. The van der Waals surface area contributed by atoms with E-state index in [-0.39, 0.29) is 18.5 Å². The van der Waals surface area contributed by atoms with Crippen molar-refractivity contribution in [2.24, 2.45) is 0 Å². The number of hydrogen-bond donors (Lipinski definition) is 2. The quantitative estimate of drug-likeness (QED) is 0.872. The molecule has 0 bridgehead atoms. The fourth-order valence-electron chi connectivity index (χ4n) is 3.40. The molecule has 1 saturated heterocycles. The zero-order valence-corrected chi connectivity index (χ0v) is 14.4. The highest BCUT2D eigenvalue weighted by Crippen LogP contribution is 2.40. The Kier molecular flexibility index (Phi) is 4.90. The third kappa shape index (κ3) is 3.81. The summed E-state index contributed by atoms with van der Waals surface area (Å²) in [5.74, 6) is 0.884. The SMILES string of the molecule is COc1ccnc([C@@H]2CC(O)(c3ccc(C(F)(F)F)cc3)C[C@H](C)N2)n1. The highest BCUT2D eigenvalue weighted by atomic mass is 19.4. The van der Waals surface area contributed by atoms with E-state index in [0.717, 1.165) is 12.1 Å². The third-order valence-electron chi connectivity index (χ3n) is 4.59. The van der Waals surface area contributed by atoms with Gasteiger partial charge in [0.2, 0.25) is 5.88 Å². The number of rotatable bonds is 3. The second kappa shape index (κ2) is 6.85. The number of aromatic nitrogens is 2. The average molecular weight is 367 g/mol. The molecule has 1 aliphatic heterocycles. The number of methoxy groups -OCH3 is 1. The van der Waals surface area contributed by atoms with E-state index in [4.69, 9.17) is 4.74 Å². The molecule has 140 valence electrons. The minimum Gasteiger partial charge on any atom is -0.481 e. The van der Waals surface area contributed by atoms with Crippen molar-refractivity contribution in [3.05, 3.63) is 53.5 Å². The Balaban J connectivity index is 1.88. The molecule has 0 amide bonds. The van der Waals surface area contributed by atoms with E-state index in [1.54, 1.807) is 12.3 Å². The molecule has 1 aromatic heterocycles. The summed E-state index contributed by atoms with van der Waals surface area (Å²) in [5.41, 5.74) is -1.56. The summed E-state index contributed by atoms with van der Waals surface area (Å²) >= 11 is 0. The molecule has 0 saturated carbocycles. The monoisotopic (exact) mass is 367 g/mol. The summed E-state index contributed by atoms with van der Waals surface area (Å²) in [6, 6.07) is 5.87. The molecule has 1 aliphatic rings. The van der Waals surface area contributed by atoms with E-state index in [1.807, 2.05) is 6.92 Å². The molecule has 1 fully saturated rings. The first-order valence-corrected chi connectivity index (χ1v) is 8.24. The minimum atomic E-state index is -4.40. The van der Waals surface area contributed by atoms with E-state index in [9.17, 15) is 18.3 Å². The Hall–Kier alpha value is -2.19. The van der Waals surface area contributed by atoms with Gasteiger partial charge in [-0.25, -0.2) is 4.98 Å². The van der Waals surface area contributed by atoms with Crippen LogP contribution in [0.2, 0.25) is 0 Å². The lowest BCUT2D eigenvalue weighted by atomic mass is 9.78. The van der Waals surface area contributed by atoms with E-state index in [2.05, 4.69) is 15.3 Å². The summed E-state index contributed by atoms with van der Waals surface area (Å²) in [4.78, 5) is 8.54. The van der Waals surface area contributed by atoms with Gasteiger partial charge in [-0.2, -0.15) is 18.2 Å². The fourth-order valence-corrected chi connectivity index (χ4v) is 3.40. The van der Waals surface area contributed by atoms with Crippen LogP contribution in [0.1, 0.15) is 42.8 Å². The van der Waals surface area contributed by atoms with Gasteiger partial charge < -0.3 is 15.2 Å². The Bertz CT molecular complexity index is 767. The van der Waals surface area contributed by atoms with Crippen LogP contribution in [0, 0.1) is 0 Å². The van der Waals surface area contributed by atoms with Gasteiger partial charge in [-0.05, 0) is 31.0 Å². The maximum Gasteiger partial charge on any atom is 0.416 e. The van der Waals surface area contributed by atoms with Gasteiger partial charge >= 0.3 is 6.18 Å². The minimum absolute atomic E-state index is 0.0733. The van der Waals surface area contributed by atoms with Crippen LogP contribution in [0.15, 0.2) is 36.5 Å². The van der Waals surface area contributed by atoms with Crippen LogP contribution < -0.4 is 10.1 Å². The smallest absolute Gasteiger partial charge is 0.416 e. The molecule has 3 rings (SSSR count). The van der Waals surface area contributed by atoms with E-state index in [1.165, 1.54) is 19.2 Å². The van der Waals surface area contributed by atoms with Crippen LogP contribution in [0.3, 0.4) is 0 Å². The van der Waals surface area contributed by atoms with Crippen LogP contribution in [0.25, 0.3) is 0 Å². The van der Waals surface area contributed by atoms with Gasteiger partial charge in [0, 0.05) is 24.7 Å². The number of hydrogen-bond acceptors (Lipinski definition) is 5. The van der Waals surface area contributed by atoms with Gasteiger partial charge in [-0.1, -0.05) is 12.1 Å². The molecule has 2 aromatic rings. The largest absolute Gasteiger partial charge is 0.481 e. The molecular weight excluding hydrogens is 347 g/mol. The van der Waals surface area contributed by atoms with Gasteiger partial charge in [0.15, 0.2) is 0 Å². The van der Waals surface area contributed by atoms with Crippen LogP contribution in [-0.4, -0.2) is 28.2 Å². The molecule has 0 radical (unpaired) electrons. The number of halogens is 3. The summed E-state index contributed by atoms with van der Waals surface area (Å²) in [6.45, 7) is 1.90. The van der Waals surface area contributed by atoms with Crippen LogP contribution in [-0.2, 0) is 11.8 Å². The molecule has 8 heteroatoms. The number of nitrogens with zero attached hydrogens (tertiary/aromatic N) is 2.